The van der Waals surface area contributed by atoms with Crippen molar-refractivity contribution in [2.45, 2.75) is 20.4 Å². The van der Waals surface area contributed by atoms with E-state index >= 15 is 0 Å². The Morgan fingerprint density at radius 2 is 2.05 bits per heavy atom. The van der Waals surface area contributed by atoms with Crippen LogP contribution >= 0.6 is 0 Å². The van der Waals surface area contributed by atoms with Gasteiger partial charge in [0.1, 0.15) is 5.92 Å². The number of carbonyl (C=O) groups excluding carboxylic acids is 1. The van der Waals surface area contributed by atoms with Crippen molar-refractivity contribution in [1.29, 1.82) is 0 Å². The number of amides is 1. The number of carbonyl (C=O) groups is 2. The molecule has 0 radical (unpaired) electrons. The van der Waals surface area contributed by atoms with Crippen molar-refractivity contribution in [3.63, 3.8) is 0 Å². The molecule has 2 rings (SSSR count). The van der Waals surface area contributed by atoms with E-state index in [0.29, 0.717) is 32.7 Å². The Kier molecular flexibility index (Phi) is 4.39. The Bertz CT molecular complexity index is 492. The highest BCUT2D eigenvalue weighted by atomic mass is 16.5. The molecule has 7 heteroatoms. The molecule has 1 fully saturated rings. The lowest BCUT2D eigenvalue weighted by molar-refractivity contribution is -0.151. The van der Waals surface area contributed by atoms with Crippen LogP contribution in [-0.4, -0.2) is 58.1 Å². The summed E-state index contributed by atoms with van der Waals surface area (Å²) < 4.78 is 5.16. The largest absolute Gasteiger partial charge is 0.481 e. The normalized spacial score (nSPS) is 18.0. The van der Waals surface area contributed by atoms with E-state index in [1.165, 1.54) is 6.92 Å². The van der Waals surface area contributed by atoms with Crippen molar-refractivity contribution in [2.75, 3.05) is 26.2 Å². The highest BCUT2D eigenvalue weighted by molar-refractivity contribution is 5.96. The number of carboxylic acid groups (broad SMARTS) is 1. The lowest BCUT2D eigenvalue weighted by Crippen LogP contribution is -2.50. The van der Waals surface area contributed by atoms with Gasteiger partial charge in [-0.15, -0.1) is 0 Å². The molecule has 1 aliphatic rings. The van der Waals surface area contributed by atoms with Gasteiger partial charge >= 0.3 is 5.97 Å². The molecule has 110 valence electrons. The van der Waals surface area contributed by atoms with Crippen LogP contribution in [0.1, 0.15) is 18.4 Å². The number of aromatic nitrogens is 1. The predicted octanol–water partition coefficient (Wildman–Crippen LogP) is 0.348. The standard InChI is InChI=1S/C13H19N3O4/c1-9-7-11(20-14-9)8-15-3-5-16(6-4-15)12(17)10(2)13(18)19/h7,10H,3-6,8H2,1-2H3,(H,18,19). The number of aryl methyl sites for hydroxylation is 1. The summed E-state index contributed by atoms with van der Waals surface area (Å²) in [4.78, 5) is 26.5. The fourth-order valence-electron chi connectivity index (χ4n) is 2.22. The highest BCUT2D eigenvalue weighted by Gasteiger charge is 2.28. The minimum absolute atomic E-state index is 0.312. The second-order valence-corrected chi connectivity index (χ2v) is 5.10. The van der Waals surface area contributed by atoms with E-state index < -0.39 is 11.9 Å². The molecule has 1 N–H and O–H groups in total. The van der Waals surface area contributed by atoms with Gasteiger partial charge in [-0.25, -0.2) is 0 Å². The van der Waals surface area contributed by atoms with Crippen molar-refractivity contribution in [2.24, 2.45) is 5.92 Å². The fraction of sp³-hybridized carbons (Fsp3) is 0.615. The molecule has 0 bridgehead atoms. The SMILES string of the molecule is Cc1cc(CN2CCN(C(=O)C(C)C(=O)O)CC2)on1. The van der Waals surface area contributed by atoms with Crippen molar-refractivity contribution in [3.8, 4) is 0 Å². The van der Waals surface area contributed by atoms with Gasteiger partial charge < -0.3 is 14.5 Å². The summed E-state index contributed by atoms with van der Waals surface area (Å²) in [6, 6.07) is 1.89. The second-order valence-electron chi connectivity index (χ2n) is 5.10. The monoisotopic (exact) mass is 281 g/mol. The highest BCUT2D eigenvalue weighted by Crippen LogP contribution is 2.11. The zero-order chi connectivity index (χ0) is 14.7. The van der Waals surface area contributed by atoms with Gasteiger partial charge in [0.2, 0.25) is 5.91 Å². The maximum atomic E-state index is 11.9. The third-order valence-electron chi connectivity index (χ3n) is 3.48. The third kappa shape index (κ3) is 3.36. The molecule has 0 aliphatic carbocycles. The zero-order valence-electron chi connectivity index (χ0n) is 11.7. The Hall–Kier alpha value is -1.89. The Morgan fingerprint density at radius 1 is 1.40 bits per heavy atom. The van der Waals surface area contributed by atoms with Crippen LogP contribution in [0.25, 0.3) is 0 Å². The van der Waals surface area contributed by atoms with Crippen molar-refractivity contribution in [1.82, 2.24) is 15.0 Å². The van der Waals surface area contributed by atoms with Crippen molar-refractivity contribution >= 4 is 11.9 Å². The lowest BCUT2D eigenvalue weighted by Gasteiger charge is -2.34. The predicted molar refractivity (Wildman–Crippen MR) is 69.9 cm³/mol. The lowest BCUT2D eigenvalue weighted by atomic mass is 10.1. The van der Waals surface area contributed by atoms with E-state index in [2.05, 4.69) is 10.1 Å². The molecule has 1 amide bonds. The molecule has 1 aliphatic heterocycles. The first kappa shape index (κ1) is 14.5. The number of rotatable bonds is 4. The molecule has 1 aromatic rings. The quantitative estimate of drug-likeness (QED) is 0.801. The summed E-state index contributed by atoms with van der Waals surface area (Å²) in [5.41, 5.74) is 0.851. The van der Waals surface area contributed by atoms with Gasteiger partial charge in [0, 0.05) is 32.2 Å². The Labute approximate surface area is 117 Å². The molecular weight excluding hydrogens is 262 g/mol. The molecule has 1 unspecified atom stereocenters. The minimum atomic E-state index is -1.07. The first-order chi connectivity index (χ1) is 9.47. The molecule has 1 atom stereocenters. The van der Waals surface area contributed by atoms with E-state index in [0.717, 1.165) is 11.5 Å². The van der Waals surface area contributed by atoms with Crippen LogP contribution in [0.15, 0.2) is 10.6 Å². The first-order valence-electron chi connectivity index (χ1n) is 6.63. The number of carboxylic acids is 1. The van der Waals surface area contributed by atoms with Crippen molar-refractivity contribution < 1.29 is 19.2 Å². The molecular formula is C13H19N3O4. The smallest absolute Gasteiger partial charge is 0.315 e. The van der Waals surface area contributed by atoms with Crippen LogP contribution < -0.4 is 0 Å². The van der Waals surface area contributed by atoms with Gasteiger partial charge in [-0.2, -0.15) is 0 Å². The van der Waals surface area contributed by atoms with E-state index in [1.54, 1.807) is 4.90 Å². The van der Waals surface area contributed by atoms with Crippen molar-refractivity contribution in [3.05, 3.63) is 17.5 Å². The Balaban J connectivity index is 1.83. The second kappa shape index (κ2) is 6.04. The van der Waals surface area contributed by atoms with Crippen LogP contribution in [0.2, 0.25) is 0 Å². The molecule has 0 saturated carbocycles. The van der Waals surface area contributed by atoms with Crippen LogP contribution in [0, 0.1) is 12.8 Å². The summed E-state index contributed by atoms with van der Waals surface area (Å²) in [6.07, 6.45) is 0. The van der Waals surface area contributed by atoms with Gasteiger partial charge in [0.05, 0.1) is 12.2 Å². The summed E-state index contributed by atoms with van der Waals surface area (Å²) in [7, 11) is 0. The maximum absolute atomic E-state index is 11.9. The van der Waals surface area contributed by atoms with Crippen LogP contribution in [0.3, 0.4) is 0 Å². The molecule has 20 heavy (non-hydrogen) atoms. The number of nitrogens with zero attached hydrogens (tertiary/aromatic N) is 3. The molecule has 2 heterocycles. The summed E-state index contributed by atoms with van der Waals surface area (Å²) >= 11 is 0. The first-order valence-corrected chi connectivity index (χ1v) is 6.63. The topological polar surface area (TPSA) is 86.9 Å². The van der Waals surface area contributed by atoms with E-state index in [4.69, 9.17) is 9.63 Å². The van der Waals surface area contributed by atoms with Gasteiger partial charge in [-0.05, 0) is 13.8 Å². The third-order valence-corrected chi connectivity index (χ3v) is 3.48. The summed E-state index contributed by atoms with van der Waals surface area (Å²) in [6.45, 7) is 6.46. The molecule has 1 aromatic heterocycles. The average Bonchev–Trinajstić information content (AvgIpc) is 2.83. The van der Waals surface area contributed by atoms with Crippen LogP contribution in [0.5, 0.6) is 0 Å². The fourth-order valence-corrected chi connectivity index (χ4v) is 2.22. The van der Waals surface area contributed by atoms with Gasteiger partial charge in [0.25, 0.3) is 0 Å². The Morgan fingerprint density at radius 3 is 2.55 bits per heavy atom. The number of aliphatic carboxylic acids is 1. The van der Waals surface area contributed by atoms with E-state index in [9.17, 15) is 9.59 Å². The van der Waals surface area contributed by atoms with Gasteiger partial charge in [-0.1, -0.05) is 5.16 Å². The van der Waals surface area contributed by atoms with Gasteiger partial charge in [-0.3, -0.25) is 14.5 Å². The summed E-state index contributed by atoms with van der Waals surface area (Å²) in [5, 5.41) is 12.7. The number of hydrogen-bond donors (Lipinski definition) is 1. The average molecular weight is 281 g/mol. The minimum Gasteiger partial charge on any atom is -0.481 e. The van der Waals surface area contributed by atoms with Crippen LogP contribution in [0.4, 0.5) is 0 Å². The van der Waals surface area contributed by atoms with Crippen LogP contribution in [-0.2, 0) is 16.1 Å². The van der Waals surface area contributed by atoms with Gasteiger partial charge in [0.15, 0.2) is 5.76 Å². The maximum Gasteiger partial charge on any atom is 0.315 e. The van der Waals surface area contributed by atoms with E-state index in [-0.39, 0.29) is 5.91 Å². The molecule has 7 nitrogen and oxygen atoms in total. The zero-order valence-corrected chi connectivity index (χ0v) is 11.7. The molecule has 1 saturated heterocycles. The molecule has 0 spiro atoms. The summed E-state index contributed by atoms with van der Waals surface area (Å²) in [5.74, 6) is -1.55. The number of hydrogen-bond acceptors (Lipinski definition) is 5. The van der Waals surface area contributed by atoms with E-state index in [1.807, 2.05) is 13.0 Å². The number of piperazine rings is 1. The molecule has 0 aromatic carbocycles.